The van der Waals surface area contributed by atoms with Gasteiger partial charge in [0.25, 0.3) is 0 Å². The Morgan fingerprint density at radius 2 is 2.00 bits per heavy atom. The molecule has 9 heteroatoms. The molecule has 1 aromatic carbocycles. The van der Waals surface area contributed by atoms with Crippen molar-refractivity contribution in [2.24, 2.45) is 0 Å². The number of halogens is 2. The van der Waals surface area contributed by atoms with Crippen LogP contribution < -0.4 is 0 Å². The fraction of sp³-hybridized carbons (Fsp3) is 0.167. The van der Waals surface area contributed by atoms with E-state index in [1.807, 2.05) is 22.9 Å². The van der Waals surface area contributed by atoms with Crippen molar-refractivity contribution < 1.29 is 0 Å². The standard InChI is InChI=1S/C12H9Br2N5S2/c1-7(8-5-3-2-4-6-8)19-11(16-17-18-19)21-12-15-9(13)10(14)20-12/h2-7H,1H3. The van der Waals surface area contributed by atoms with Crippen molar-refractivity contribution in [1.82, 2.24) is 25.2 Å². The van der Waals surface area contributed by atoms with E-state index in [-0.39, 0.29) is 6.04 Å². The molecule has 0 bridgehead atoms. The van der Waals surface area contributed by atoms with E-state index in [1.54, 1.807) is 11.3 Å². The molecule has 3 aromatic rings. The molecule has 0 radical (unpaired) electrons. The van der Waals surface area contributed by atoms with Crippen LogP contribution in [0.2, 0.25) is 0 Å². The van der Waals surface area contributed by atoms with Crippen LogP contribution in [0.5, 0.6) is 0 Å². The van der Waals surface area contributed by atoms with Crippen LogP contribution >= 0.6 is 55.0 Å². The van der Waals surface area contributed by atoms with Crippen molar-refractivity contribution in [2.45, 2.75) is 22.5 Å². The number of thiazole rings is 1. The number of rotatable bonds is 4. The Labute approximate surface area is 146 Å². The Kier molecular flexibility index (Phi) is 4.72. The molecule has 2 aromatic heterocycles. The fourth-order valence-corrected chi connectivity index (χ4v) is 5.00. The lowest BCUT2D eigenvalue weighted by Gasteiger charge is -2.12. The molecule has 0 aliphatic heterocycles. The monoisotopic (exact) mass is 445 g/mol. The van der Waals surface area contributed by atoms with Gasteiger partial charge in [0.1, 0.15) is 8.39 Å². The van der Waals surface area contributed by atoms with Crippen molar-refractivity contribution in [3.05, 3.63) is 44.3 Å². The molecule has 0 aliphatic carbocycles. The number of hydrogen-bond donors (Lipinski definition) is 0. The smallest absolute Gasteiger partial charge is 0.216 e. The topological polar surface area (TPSA) is 56.5 Å². The van der Waals surface area contributed by atoms with Crippen LogP contribution in [-0.4, -0.2) is 25.2 Å². The van der Waals surface area contributed by atoms with Gasteiger partial charge in [0.05, 0.1) is 6.04 Å². The van der Waals surface area contributed by atoms with Crippen molar-refractivity contribution in [1.29, 1.82) is 0 Å². The van der Waals surface area contributed by atoms with Crippen LogP contribution in [0.4, 0.5) is 0 Å². The largest absolute Gasteiger partial charge is 0.221 e. The van der Waals surface area contributed by atoms with Gasteiger partial charge in [-0.25, -0.2) is 9.67 Å². The third-order valence-corrected chi connectivity index (χ3v) is 6.90. The summed E-state index contributed by atoms with van der Waals surface area (Å²) < 4.78 is 4.44. The molecule has 0 amide bonds. The highest BCUT2D eigenvalue weighted by Gasteiger charge is 2.17. The summed E-state index contributed by atoms with van der Waals surface area (Å²) in [5.41, 5.74) is 1.16. The molecule has 2 heterocycles. The normalized spacial score (nSPS) is 12.5. The molecule has 21 heavy (non-hydrogen) atoms. The maximum Gasteiger partial charge on any atom is 0.216 e. The number of hydrogen-bond acceptors (Lipinski definition) is 6. The Balaban J connectivity index is 1.87. The van der Waals surface area contributed by atoms with Crippen LogP contribution in [0.1, 0.15) is 18.5 Å². The van der Waals surface area contributed by atoms with Crippen molar-refractivity contribution >= 4 is 55.0 Å². The second-order valence-electron chi connectivity index (χ2n) is 4.14. The predicted molar refractivity (Wildman–Crippen MR) is 89.7 cm³/mol. The highest BCUT2D eigenvalue weighted by Crippen LogP contribution is 2.37. The van der Waals surface area contributed by atoms with Gasteiger partial charge < -0.3 is 0 Å². The molecule has 1 unspecified atom stereocenters. The minimum absolute atomic E-state index is 0.0653. The molecular weight excluding hydrogens is 438 g/mol. The van der Waals surface area contributed by atoms with Crippen LogP contribution in [-0.2, 0) is 0 Å². The van der Waals surface area contributed by atoms with E-state index >= 15 is 0 Å². The van der Waals surface area contributed by atoms with Gasteiger partial charge in [-0.05, 0) is 66.5 Å². The summed E-state index contributed by atoms with van der Waals surface area (Å²) in [6.07, 6.45) is 0. The Bertz CT molecular complexity index is 724. The van der Waals surface area contributed by atoms with Crippen LogP contribution in [0.15, 0.2) is 48.2 Å². The van der Waals surface area contributed by atoms with E-state index in [1.165, 1.54) is 11.8 Å². The first-order valence-electron chi connectivity index (χ1n) is 5.97. The van der Waals surface area contributed by atoms with Crippen LogP contribution in [0, 0.1) is 0 Å². The zero-order valence-electron chi connectivity index (χ0n) is 10.8. The molecular formula is C12H9Br2N5S2. The highest BCUT2D eigenvalue weighted by molar-refractivity contribution is 9.13. The molecule has 0 aliphatic rings. The van der Waals surface area contributed by atoms with Gasteiger partial charge in [-0.1, -0.05) is 41.7 Å². The van der Waals surface area contributed by atoms with Crippen LogP contribution in [0.3, 0.4) is 0 Å². The summed E-state index contributed by atoms with van der Waals surface area (Å²) in [5.74, 6) is 0. The molecule has 0 fully saturated rings. The lowest BCUT2D eigenvalue weighted by Crippen LogP contribution is -2.09. The third-order valence-electron chi connectivity index (χ3n) is 2.82. The minimum atomic E-state index is 0.0653. The number of nitrogens with zero attached hydrogens (tertiary/aromatic N) is 5. The Morgan fingerprint density at radius 1 is 1.24 bits per heavy atom. The van der Waals surface area contributed by atoms with E-state index in [2.05, 4.69) is 71.4 Å². The minimum Gasteiger partial charge on any atom is -0.221 e. The number of benzene rings is 1. The summed E-state index contributed by atoms with van der Waals surface area (Å²) in [6, 6.07) is 10.2. The average molecular weight is 447 g/mol. The Hall–Kier alpha value is -0.770. The molecule has 0 saturated heterocycles. The SMILES string of the molecule is CC(c1ccccc1)n1nnnc1Sc1nc(Br)c(Br)s1. The summed E-state index contributed by atoms with van der Waals surface area (Å²) in [5, 5.41) is 12.7. The molecule has 1 atom stereocenters. The summed E-state index contributed by atoms with van der Waals surface area (Å²) >= 11 is 9.82. The molecule has 108 valence electrons. The number of tetrazole rings is 1. The summed E-state index contributed by atoms with van der Waals surface area (Å²) in [7, 11) is 0. The quantitative estimate of drug-likeness (QED) is 0.593. The molecule has 0 saturated carbocycles. The van der Waals surface area contributed by atoms with Gasteiger partial charge in [-0.3, -0.25) is 0 Å². The van der Waals surface area contributed by atoms with Gasteiger partial charge in [0.15, 0.2) is 4.34 Å². The van der Waals surface area contributed by atoms with Gasteiger partial charge in [-0.15, -0.1) is 5.10 Å². The van der Waals surface area contributed by atoms with Gasteiger partial charge >= 0.3 is 0 Å². The molecule has 0 N–H and O–H groups in total. The number of aromatic nitrogens is 5. The maximum atomic E-state index is 4.40. The first-order valence-corrected chi connectivity index (χ1v) is 9.19. The lowest BCUT2D eigenvalue weighted by molar-refractivity contribution is 0.504. The van der Waals surface area contributed by atoms with E-state index in [0.29, 0.717) is 0 Å². The zero-order chi connectivity index (χ0) is 14.8. The van der Waals surface area contributed by atoms with E-state index in [9.17, 15) is 0 Å². The summed E-state index contributed by atoms with van der Waals surface area (Å²) in [6.45, 7) is 2.07. The second kappa shape index (κ2) is 6.55. The average Bonchev–Trinajstić information content (AvgIpc) is 3.07. The van der Waals surface area contributed by atoms with Gasteiger partial charge in [0, 0.05) is 0 Å². The predicted octanol–water partition coefficient (Wildman–Crippen LogP) is 4.42. The van der Waals surface area contributed by atoms with Gasteiger partial charge in [0.2, 0.25) is 5.16 Å². The molecule has 0 spiro atoms. The van der Waals surface area contributed by atoms with Crippen LogP contribution in [0.25, 0.3) is 0 Å². The van der Waals surface area contributed by atoms with Crippen molar-refractivity contribution in [2.75, 3.05) is 0 Å². The summed E-state index contributed by atoms with van der Waals surface area (Å²) in [4.78, 5) is 4.40. The highest BCUT2D eigenvalue weighted by atomic mass is 79.9. The van der Waals surface area contributed by atoms with E-state index in [0.717, 1.165) is 23.4 Å². The van der Waals surface area contributed by atoms with Crippen molar-refractivity contribution in [3.8, 4) is 0 Å². The Morgan fingerprint density at radius 3 is 2.67 bits per heavy atom. The first-order chi connectivity index (χ1) is 10.1. The van der Waals surface area contributed by atoms with E-state index < -0.39 is 0 Å². The zero-order valence-corrected chi connectivity index (χ0v) is 15.6. The molecule has 3 rings (SSSR count). The lowest BCUT2D eigenvalue weighted by atomic mass is 10.1. The fourth-order valence-electron chi connectivity index (χ4n) is 1.76. The third kappa shape index (κ3) is 3.36. The van der Waals surface area contributed by atoms with Gasteiger partial charge in [-0.2, -0.15) is 0 Å². The second-order valence-corrected chi connectivity index (χ2v) is 8.42. The molecule has 5 nitrogen and oxygen atoms in total. The van der Waals surface area contributed by atoms with Crippen molar-refractivity contribution in [3.63, 3.8) is 0 Å². The first kappa shape index (κ1) is 15.1. The maximum absolute atomic E-state index is 4.40. The van der Waals surface area contributed by atoms with E-state index in [4.69, 9.17) is 0 Å².